The van der Waals surface area contributed by atoms with Gasteiger partial charge in [0.25, 0.3) is 0 Å². The Morgan fingerprint density at radius 1 is 1.47 bits per heavy atom. The molecule has 0 saturated carbocycles. The van der Waals surface area contributed by atoms with Crippen molar-refractivity contribution in [3.63, 3.8) is 0 Å². The fourth-order valence-electron chi connectivity index (χ4n) is 1.66. The van der Waals surface area contributed by atoms with Crippen molar-refractivity contribution in [3.05, 3.63) is 42.0 Å². The number of carbonyl (C=O) groups is 1. The van der Waals surface area contributed by atoms with E-state index >= 15 is 0 Å². The normalized spacial score (nSPS) is 10.2. The van der Waals surface area contributed by atoms with E-state index in [9.17, 15) is 4.79 Å². The molecule has 0 bridgehead atoms. The molecule has 0 radical (unpaired) electrons. The number of aromatic carboxylic acids is 1. The van der Waals surface area contributed by atoms with Crippen LogP contribution < -0.4 is 4.74 Å². The SMILES string of the molecule is COc1cc(-n2ccnc2C)ccc1C(=O)O. The number of hydrogen-bond donors (Lipinski definition) is 1. The van der Waals surface area contributed by atoms with Gasteiger partial charge in [-0.1, -0.05) is 0 Å². The maximum Gasteiger partial charge on any atom is 0.339 e. The summed E-state index contributed by atoms with van der Waals surface area (Å²) < 4.78 is 6.93. The molecule has 0 saturated heterocycles. The fourth-order valence-corrected chi connectivity index (χ4v) is 1.66. The summed E-state index contributed by atoms with van der Waals surface area (Å²) in [5.41, 5.74) is 0.968. The van der Waals surface area contributed by atoms with Crippen LogP contribution in [0.15, 0.2) is 30.6 Å². The molecule has 0 amide bonds. The first-order valence-electron chi connectivity index (χ1n) is 5.05. The molecule has 17 heavy (non-hydrogen) atoms. The minimum Gasteiger partial charge on any atom is -0.496 e. The molecule has 0 aliphatic heterocycles. The summed E-state index contributed by atoms with van der Waals surface area (Å²) in [4.78, 5) is 15.1. The summed E-state index contributed by atoms with van der Waals surface area (Å²) in [6, 6.07) is 4.93. The van der Waals surface area contributed by atoms with E-state index in [4.69, 9.17) is 9.84 Å². The van der Waals surface area contributed by atoms with Crippen molar-refractivity contribution < 1.29 is 14.6 Å². The molecule has 1 heterocycles. The van der Waals surface area contributed by atoms with Crippen molar-refractivity contribution in [2.24, 2.45) is 0 Å². The lowest BCUT2D eigenvalue weighted by Gasteiger charge is -2.09. The first kappa shape index (κ1) is 11.2. The summed E-state index contributed by atoms with van der Waals surface area (Å²) in [5, 5.41) is 8.97. The number of imidazole rings is 1. The van der Waals surface area contributed by atoms with Crippen molar-refractivity contribution in [1.29, 1.82) is 0 Å². The van der Waals surface area contributed by atoms with Gasteiger partial charge in [0.15, 0.2) is 0 Å². The quantitative estimate of drug-likeness (QED) is 0.877. The Morgan fingerprint density at radius 3 is 2.76 bits per heavy atom. The number of benzene rings is 1. The Kier molecular flexibility index (Phi) is 2.82. The third kappa shape index (κ3) is 1.99. The summed E-state index contributed by atoms with van der Waals surface area (Å²) in [5.74, 6) is 0.161. The number of rotatable bonds is 3. The number of hydrogen-bond acceptors (Lipinski definition) is 3. The number of nitrogens with zero attached hydrogens (tertiary/aromatic N) is 2. The first-order valence-corrected chi connectivity index (χ1v) is 5.05. The lowest BCUT2D eigenvalue weighted by molar-refractivity contribution is 0.0693. The molecule has 2 aromatic rings. The van der Waals surface area contributed by atoms with Gasteiger partial charge < -0.3 is 14.4 Å². The monoisotopic (exact) mass is 232 g/mol. The van der Waals surface area contributed by atoms with E-state index in [1.165, 1.54) is 13.2 Å². The van der Waals surface area contributed by atoms with Crippen molar-refractivity contribution >= 4 is 5.97 Å². The van der Waals surface area contributed by atoms with E-state index in [-0.39, 0.29) is 5.56 Å². The number of methoxy groups -OCH3 is 1. The van der Waals surface area contributed by atoms with Gasteiger partial charge in [0.1, 0.15) is 17.1 Å². The molecule has 0 aliphatic rings. The van der Waals surface area contributed by atoms with Gasteiger partial charge in [-0.25, -0.2) is 9.78 Å². The van der Waals surface area contributed by atoms with Gasteiger partial charge in [0, 0.05) is 18.5 Å². The highest BCUT2D eigenvalue weighted by molar-refractivity contribution is 5.91. The molecule has 0 fully saturated rings. The third-order valence-electron chi connectivity index (χ3n) is 2.52. The van der Waals surface area contributed by atoms with E-state index in [1.54, 1.807) is 18.3 Å². The Balaban J connectivity index is 2.52. The van der Waals surface area contributed by atoms with Crippen molar-refractivity contribution in [3.8, 4) is 11.4 Å². The van der Waals surface area contributed by atoms with Gasteiger partial charge in [-0.05, 0) is 19.1 Å². The highest BCUT2D eigenvalue weighted by Crippen LogP contribution is 2.23. The molecular formula is C12H12N2O3. The summed E-state index contributed by atoms with van der Waals surface area (Å²) in [6.45, 7) is 1.87. The largest absolute Gasteiger partial charge is 0.496 e. The predicted molar refractivity (Wildman–Crippen MR) is 61.8 cm³/mol. The zero-order valence-electron chi connectivity index (χ0n) is 9.54. The second-order valence-corrected chi connectivity index (χ2v) is 3.53. The van der Waals surface area contributed by atoms with Gasteiger partial charge in [0.2, 0.25) is 0 Å². The summed E-state index contributed by atoms with van der Waals surface area (Å²) in [7, 11) is 1.45. The van der Waals surface area contributed by atoms with Crippen LogP contribution in [0.1, 0.15) is 16.2 Å². The molecule has 0 spiro atoms. The van der Waals surface area contributed by atoms with E-state index in [1.807, 2.05) is 17.7 Å². The number of ether oxygens (including phenoxy) is 1. The average molecular weight is 232 g/mol. The smallest absolute Gasteiger partial charge is 0.339 e. The van der Waals surface area contributed by atoms with Gasteiger partial charge in [-0.15, -0.1) is 0 Å². The van der Waals surface area contributed by atoms with E-state index < -0.39 is 5.97 Å². The lowest BCUT2D eigenvalue weighted by atomic mass is 10.2. The molecule has 0 atom stereocenters. The molecule has 5 heteroatoms. The maximum absolute atomic E-state index is 10.9. The van der Waals surface area contributed by atoms with Crippen LogP contribution in [0.5, 0.6) is 5.75 Å². The maximum atomic E-state index is 10.9. The van der Waals surface area contributed by atoms with Crippen molar-refractivity contribution in [2.75, 3.05) is 7.11 Å². The van der Waals surface area contributed by atoms with Crippen LogP contribution in [-0.4, -0.2) is 27.7 Å². The molecule has 0 unspecified atom stereocenters. The number of aryl methyl sites for hydroxylation is 1. The van der Waals surface area contributed by atoms with Crippen molar-refractivity contribution in [2.45, 2.75) is 6.92 Å². The van der Waals surface area contributed by atoms with Crippen molar-refractivity contribution in [1.82, 2.24) is 9.55 Å². The molecule has 1 N–H and O–H groups in total. The molecule has 2 rings (SSSR count). The third-order valence-corrected chi connectivity index (χ3v) is 2.52. The van der Waals surface area contributed by atoms with E-state index in [0.717, 1.165) is 11.5 Å². The van der Waals surface area contributed by atoms with Crippen LogP contribution >= 0.6 is 0 Å². The topological polar surface area (TPSA) is 64.4 Å². The number of carboxylic acid groups (broad SMARTS) is 1. The Morgan fingerprint density at radius 2 is 2.24 bits per heavy atom. The average Bonchev–Trinajstić information content (AvgIpc) is 2.74. The van der Waals surface area contributed by atoms with Gasteiger partial charge in [0.05, 0.1) is 12.8 Å². The highest BCUT2D eigenvalue weighted by Gasteiger charge is 2.12. The first-order chi connectivity index (χ1) is 8.13. The molecule has 1 aromatic heterocycles. The molecule has 5 nitrogen and oxygen atoms in total. The minimum absolute atomic E-state index is 0.147. The number of aromatic nitrogens is 2. The minimum atomic E-state index is -1.00. The molecule has 0 aliphatic carbocycles. The Labute approximate surface area is 98.3 Å². The van der Waals surface area contributed by atoms with Crippen LogP contribution in [0.3, 0.4) is 0 Å². The van der Waals surface area contributed by atoms with Crippen LogP contribution in [-0.2, 0) is 0 Å². The second kappa shape index (κ2) is 4.29. The molecule has 88 valence electrons. The molecule has 1 aromatic carbocycles. The fraction of sp³-hybridized carbons (Fsp3) is 0.167. The highest BCUT2D eigenvalue weighted by atomic mass is 16.5. The van der Waals surface area contributed by atoms with Gasteiger partial charge in [-0.3, -0.25) is 0 Å². The van der Waals surface area contributed by atoms with E-state index in [0.29, 0.717) is 5.75 Å². The molecular weight excluding hydrogens is 220 g/mol. The van der Waals surface area contributed by atoms with E-state index in [2.05, 4.69) is 4.98 Å². The zero-order chi connectivity index (χ0) is 12.4. The van der Waals surface area contributed by atoms with Crippen LogP contribution in [0.25, 0.3) is 5.69 Å². The van der Waals surface area contributed by atoms with Crippen LogP contribution in [0.4, 0.5) is 0 Å². The number of carboxylic acids is 1. The van der Waals surface area contributed by atoms with Crippen LogP contribution in [0.2, 0.25) is 0 Å². The standard InChI is InChI=1S/C12H12N2O3/c1-8-13-5-6-14(8)9-3-4-10(12(15)16)11(7-9)17-2/h3-7H,1-2H3,(H,15,16). The predicted octanol–water partition coefficient (Wildman–Crippen LogP) is 1.89. The Hall–Kier alpha value is -2.30. The summed E-state index contributed by atoms with van der Waals surface area (Å²) in [6.07, 6.45) is 3.50. The lowest BCUT2D eigenvalue weighted by Crippen LogP contribution is -2.03. The zero-order valence-corrected chi connectivity index (χ0v) is 9.54. The van der Waals surface area contributed by atoms with Gasteiger partial charge in [-0.2, -0.15) is 0 Å². The van der Waals surface area contributed by atoms with Gasteiger partial charge >= 0.3 is 5.97 Å². The second-order valence-electron chi connectivity index (χ2n) is 3.53. The Bertz CT molecular complexity index is 561. The summed E-state index contributed by atoms with van der Waals surface area (Å²) >= 11 is 0. The van der Waals surface area contributed by atoms with Crippen LogP contribution in [0, 0.1) is 6.92 Å².